The summed E-state index contributed by atoms with van der Waals surface area (Å²) >= 11 is 0. The number of hydrogen-bond donors (Lipinski definition) is 1. The third-order valence-corrected chi connectivity index (χ3v) is 1.82. The molecule has 0 aromatic heterocycles. The van der Waals surface area contributed by atoms with E-state index in [1.807, 2.05) is 24.3 Å². The van der Waals surface area contributed by atoms with Crippen LogP contribution in [0.15, 0.2) is 30.3 Å². The van der Waals surface area contributed by atoms with Crippen LogP contribution >= 0.6 is 0 Å². The van der Waals surface area contributed by atoms with Gasteiger partial charge in [-0.15, -0.1) is 0 Å². The van der Waals surface area contributed by atoms with Crippen LogP contribution in [-0.2, 0) is 4.79 Å². The van der Waals surface area contributed by atoms with Crippen molar-refractivity contribution in [1.82, 2.24) is 5.32 Å². The summed E-state index contributed by atoms with van der Waals surface area (Å²) in [6.45, 7) is 2.00. The van der Waals surface area contributed by atoms with Crippen molar-refractivity contribution in [2.75, 3.05) is 6.54 Å². The van der Waals surface area contributed by atoms with Crippen molar-refractivity contribution >= 4 is 12.0 Å². The molecule has 0 aliphatic heterocycles. The van der Waals surface area contributed by atoms with E-state index in [0.717, 1.165) is 5.56 Å². The number of carbonyl (C=O) groups is 1. The van der Waals surface area contributed by atoms with Crippen molar-refractivity contribution in [2.45, 2.75) is 6.92 Å². The maximum absolute atomic E-state index is 10.6. The minimum absolute atomic E-state index is 0.0421. The van der Waals surface area contributed by atoms with Gasteiger partial charge in [-0.25, -0.2) is 0 Å². The van der Waals surface area contributed by atoms with Gasteiger partial charge in [0.15, 0.2) is 0 Å². The highest BCUT2D eigenvalue weighted by Crippen LogP contribution is 2.04. The van der Waals surface area contributed by atoms with Crippen molar-refractivity contribution in [1.29, 1.82) is 5.26 Å². The molecule has 3 nitrogen and oxygen atoms in total. The van der Waals surface area contributed by atoms with Crippen molar-refractivity contribution in [3.05, 3.63) is 41.5 Å². The first-order valence-electron chi connectivity index (χ1n) is 4.63. The number of carbonyl (C=O) groups excluding carboxylic acids is 1. The molecule has 0 fully saturated rings. The van der Waals surface area contributed by atoms with E-state index in [2.05, 4.69) is 11.4 Å². The molecule has 1 aromatic rings. The molecule has 15 heavy (non-hydrogen) atoms. The average molecular weight is 200 g/mol. The quantitative estimate of drug-likeness (QED) is 0.807. The predicted octanol–water partition coefficient (Wildman–Crippen LogP) is 1.71. The zero-order valence-corrected chi connectivity index (χ0v) is 8.53. The van der Waals surface area contributed by atoms with Gasteiger partial charge in [-0.05, 0) is 17.7 Å². The molecule has 0 bridgehead atoms. The lowest BCUT2D eigenvalue weighted by atomic mass is 10.1. The van der Waals surface area contributed by atoms with Gasteiger partial charge >= 0.3 is 0 Å². The third-order valence-electron chi connectivity index (χ3n) is 1.82. The van der Waals surface area contributed by atoms with Gasteiger partial charge in [0.05, 0.1) is 11.6 Å². The molecule has 0 saturated heterocycles. The normalized spacial score (nSPS) is 9.87. The van der Waals surface area contributed by atoms with E-state index in [9.17, 15) is 4.79 Å². The fourth-order valence-corrected chi connectivity index (χ4v) is 1.07. The summed E-state index contributed by atoms with van der Waals surface area (Å²) in [5.74, 6) is -0.0421. The molecule has 1 rings (SSSR count). The molecule has 76 valence electrons. The smallest absolute Gasteiger partial charge is 0.217 e. The summed E-state index contributed by atoms with van der Waals surface area (Å²) in [5, 5.41) is 11.2. The highest BCUT2D eigenvalue weighted by molar-refractivity contribution is 5.73. The van der Waals surface area contributed by atoms with E-state index in [1.165, 1.54) is 6.92 Å². The highest BCUT2D eigenvalue weighted by atomic mass is 16.1. The monoisotopic (exact) mass is 200 g/mol. The summed E-state index contributed by atoms with van der Waals surface area (Å²) in [4.78, 5) is 10.6. The van der Waals surface area contributed by atoms with E-state index < -0.39 is 0 Å². The Morgan fingerprint density at radius 1 is 1.47 bits per heavy atom. The molecular formula is C12H12N2O. The molecule has 0 unspecified atom stereocenters. The van der Waals surface area contributed by atoms with Gasteiger partial charge in [-0.3, -0.25) is 4.79 Å². The first-order valence-corrected chi connectivity index (χ1v) is 4.63. The number of amides is 1. The molecule has 1 amide bonds. The molecule has 1 aromatic carbocycles. The molecule has 0 aliphatic carbocycles. The van der Waals surface area contributed by atoms with E-state index in [0.29, 0.717) is 12.1 Å². The Bertz CT molecular complexity index is 399. The minimum Gasteiger partial charge on any atom is -0.353 e. The lowest BCUT2D eigenvalue weighted by Crippen LogP contribution is -2.19. The van der Waals surface area contributed by atoms with E-state index in [4.69, 9.17) is 5.26 Å². The number of nitrogens with one attached hydrogen (secondary N) is 1. The standard InChI is InChI=1S/C12H12N2O/c1-10(15)14-8-2-3-11-4-6-12(9-13)7-5-11/h2-7H,8H2,1H3,(H,14,15)/b3-2+. The van der Waals surface area contributed by atoms with Crippen LogP contribution < -0.4 is 5.32 Å². The lowest BCUT2D eigenvalue weighted by Gasteiger charge is -1.95. The topological polar surface area (TPSA) is 52.9 Å². The molecule has 3 heteroatoms. The molecule has 0 aliphatic rings. The summed E-state index contributed by atoms with van der Waals surface area (Å²) in [7, 11) is 0. The summed E-state index contributed by atoms with van der Waals surface area (Å²) in [6, 6.07) is 9.31. The second-order valence-electron chi connectivity index (χ2n) is 3.07. The van der Waals surface area contributed by atoms with Crippen LogP contribution in [0.1, 0.15) is 18.1 Å². The second kappa shape index (κ2) is 5.61. The van der Waals surface area contributed by atoms with Crippen LogP contribution in [0, 0.1) is 11.3 Å². The first-order chi connectivity index (χ1) is 7.22. The number of nitrogens with zero attached hydrogens (tertiary/aromatic N) is 1. The van der Waals surface area contributed by atoms with Crippen molar-refractivity contribution in [3.8, 4) is 6.07 Å². The van der Waals surface area contributed by atoms with Crippen molar-refractivity contribution in [3.63, 3.8) is 0 Å². The molecular weight excluding hydrogens is 188 g/mol. The molecule has 0 atom stereocenters. The lowest BCUT2D eigenvalue weighted by molar-refractivity contribution is -0.118. The van der Waals surface area contributed by atoms with Gasteiger partial charge in [0.1, 0.15) is 0 Å². The minimum atomic E-state index is -0.0421. The fraction of sp³-hybridized carbons (Fsp3) is 0.167. The number of rotatable bonds is 3. The van der Waals surface area contributed by atoms with E-state index >= 15 is 0 Å². The van der Waals surface area contributed by atoms with Crippen LogP contribution in [-0.4, -0.2) is 12.5 Å². The van der Waals surface area contributed by atoms with Gasteiger partial charge in [-0.1, -0.05) is 24.3 Å². The Morgan fingerprint density at radius 2 is 2.13 bits per heavy atom. The predicted molar refractivity (Wildman–Crippen MR) is 58.9 cm³/mol. The molecule has 0 radical (unpaired) electrons. The molecule has 0 spiro atoms. The Kier molecular flexibility index (Phi) is 4.11. The second-order valence-corrected chi connectivity index (χ2v) is 3.07. The number of benzene rings is 1. The third kappa shape index (κ3) is 4.10. The SMILES string of the molecule is CC(=O)NC/C=C/c1ccc(C#N)cc1. The van der Waals surface area contributed by atoms with Crippen LogP contribution in [0.5, 0.6) is 0 Å². The summed E-state index contributed by atoms with van der Waals surface area (Å²) < 4.78 is 0. The van der Waals surface area contributed by atoms with Crippen molar-refractivity contribution in [2.24, 2.45) is 0 Å². The fourth-order valence-electron chi connectivity index (χ4n) is 1.07. The Balaban J connectivity index is 2.50. The Labute approximate surface area is 89.0 Å². The van der Waals surface area contributed by atoms with Gasteiger partial charge in [0.25, 0.3) is 0 Å². The first kappa shape index (κ1) is 11.0. The Hall–Kier alpha value is -2.08. The van der Waals surface area contributed by atoms with Gasteiger partial charge in [0, 0.05) is 13.5 Å². The molecule has 0 saturated carbocycles. The van der Waals surface area contributed by atoms with E-state index in [1.54, 1.807) is 12.1 Å². The van der Waals surface area contributed by atoms with Crippen LogP contribution in [0.3, 0.4) is 0 Å². The Morgan fingerprint density at radius 3 is 2.67 bits per heavy atom. The largest absolute Gasteiger partial charge is 0.353 e. The summed E-state index contributed by atoms with van der Waals surface area (Å²) in [5.41, 5.74) is 1.66. The van der Waals surface area contributed by atoms with Crippen LogP contribution in [0.4, 0.5) is 0 Å². The van der Waals surface area contributed by atoms with Gasteiger partial charge in [0.2, 0.25) is 5.91 Å². The number of hydrogen-bond acceptors (Lipinski definition) is 2. The number of nitriles is 1. The summed E-state index contributed by atoms with van der Waals surface area (Å²) in [6.07, 6.45) is 3.76. The van der Waals surface area contributed by atoms with Crippen LogP contribution in [0.2, 0.25) is 0 Å². The van der Waals surface area contributed by atoms with Crippen LogP contribution in [0.25, 0.3) is 6.08 Å². The zero-order chi connectivity index (χ0) is 11.1. The zero-order valence-electron chi connectivity index (χ0n) is 8.53. The highest BCUT2D eigenvalue weighted by Gasteiger charge is 1.89. The average Bonchev–Trinajstić information content (AvgIpc) is 2.25. The van der Waals surface area contributed by atoms with Gasteiger partial charge < -0.3 is 5.32 Å². The van der Waals surface area contributed by atoms with Gasteiger partial charge in [-0.2, -0.15) is 5.26 Å². The van der Waals surface area contributed by atoms with E-state index in [-0.39, 0.29) is 5.91 Å². The molecule has 0 heterocycles. The maximum atomic E-state index is 10.6. The van der Waals surface area contributed by atoms with Crippen molar-refractivity contribution < 1.29 is 4.79 Å². The maximum Gasteiger partial charge on any atom is 0.217 e. The molecule has 1 N–H and O–H groups in total.